The Bertz CT molecular complexity index is 1050. The van der Waals surface area contributed by atoms with Crippen molar-refractivity contribution in [3.05, 3.63) is 52.3 Å². The number of nitro groups is 1. The highest BCUT2D eigenvalue weighted by Crippen LogP contribution is 2.49. The lowest BCUT2D eigenvalue weighted by Gasteiger charge is -2.27. The van der Waals surface area contributed by atoms with Crippen molar-refractivity contribution in [3.63, 3.8) is 0 Å². The van der Waals surface area contributed by atoms with Crippen LogP contribution in [-0.2, 0) is 10.0 Å². The number of benzene rings is 1. The van der Waals surface area contributed by atoms with E-state index in [0.717, 1.165) is 18.9 Å². The van der Waals surface area contributed by atoms with Gasteiger partial charge >= 0.3 is 0 Å². The molecule has 1 aromatic heterocycles. The van der Waals surface area contributed by atoms with E-state index in [1.54, 1.807) is 6.07 Å². The highest BCUT2D eigenvalue weighted by molar-refractivity contribution is 7.90. The number of hydrogen-bond acceptors (Lipinski definition) is 8. The first-order chi connectivity index (χ1) is 12.8. The van der Waals surface area contributed by atoms with Crippen LogP contribution in [0.5, 0.6) is 5.75 Å². The molecular weight excluding hydrogens is 376 g/mol. The molecule has 0 unspecified atom stereocenters. The van der Waals surface area contributed by atoms with Gasteiger partial charge in [-0.25, -0.2) is 13.1 Å². The fourth-order valence-electron chi connectivity index (χ4n) is 2.78. The molecule has 11 heteroatoms. The quantitative estimate of drug-likeness (QED) is 0.590. The van der Waals surface area contributed by atoms with Gasteiger partial charge in [-0.1, -0.05) is 6.07 Å². The van der Waals surface area contributed by atoms with E-state index in [9.17, 15) is 23.3 Å². The van der Waals surface area contributed by atoms with Gasteiger partial charge in [0, 0.05) is 18.3 Å². The van der Waals surface area contributed by atoms with Crippen LogP contribution in [0.25, 0.3) is 0 Å². The molecule has 0 radical (unpaired) electrons. The molecule has 1 amide bonds. The number of sulfonamides is 1. The minimum atomic E-state index is -4.36. The Balaban J connectivity index is 1.70. The second-order valence-electron chi connectivity index (χ2n) is 6.42. The van der Waals surface area contributed by atoms with Gasteiger partial charge in [0.25, 0.3) is 21.6 Å². The molecule has 1 saturated carbocycles. The molecule has 2 heterocycles. The molecule has 2 aromatic rings. The van der Waals surface area contributed by atoms with Gasteiger partial charge in [0.2, 0.25) is 0 Å². The molecule has 27 heavy (non-hydrogen) atoms. The fourth-order valence-corrected chi connectivity index (χ4v) is 3.78. The van der Waals surface area contributed by atoms with Gasteiger partial charge in [-0.15, -0.1) is 0 Å². The molecular formula is C16H14N4O6S. The van der Waals surface area contributed by atoms with E-state index in [-0.39, 0.29) is 22.7 Å². The van der Waals surface area contributed by atoms with Gasteiger partial charge in [-0.3, -0.25) is 19.9 Å². The monoisotopic (exact) mass is 390 g/mol. The predicted octanol–water partition coefficient (Wildman–Crippen LogP) is 1.45. The molecule has 1 fully saturated rings. The first-order valence-corrected chi connectivity index (χ1v) is 9.50. The number of anilines is 1. The van der Waals surface area contributed by atoms with Crippen LogP contribution in [0, 0.1) is 10.1 Å². The summed E-state index contributed by atoms with van der Waals surface area (Å²) in [5.74, 6) is -0.876. The number of carbonyl (C=O) groups is 1. The number of ether oxygens (including phenoxy) is 1. The van der Waals surface area contributed by atoms with E-state index < -0.39 is 31.4 Å². The normalized spacial score (nSPS) is 16.6. The Morgan fingerprint density at radius 3 is 2.74 bits per heavy atom. The first-order valence-electron chi connectivity index (χ1n) is 8.01. The zero-order valence-corrected chi connectivity index (χ0v) is 14.7. The second-order valence-corrected chi connectivity index (χ2v) is 8.10. The number of aromatic nitrogens is 1. The number of carbonyl (C=O) groups excluding carboxylic acids is 1. The van der Waals surface area contributed by atoms with Crippen LogP contribution >= 0.6 is 0 Å². The average Bonchev–Trinajstić information content (AvgIpc) is 3.39. The molecule has 1 aliphatic carbocycles. The molecule has 140 valence electrons. The van der Waals surface area contributed by atoms with E-state index in [1.807, 2.05) is 4.72 Å². The van der Waals surface area contributed by atoms with Crippen molar-refractivity contribution in [2.45, 2.75) is 23.3 Å². The average molecular weight is 390 g/mol. The molecule has 4 rings (SSSR count). The molecule has 0 saturated heterocycles. The molecule has 0 bridgehead atoms. The summed E-state index contributed by atoms with van der Waals surface area (Å²) in [6.45, 7) is 0.293. The second kappa shape index (κ2) is 5.91. The Kier molecular flexibility index (Phi) is 3.77. The number of rotatable bonds is 4. The molecule has 1 aliphatic heterocycles. The van der Waals surface area contributed by atoms with Crippen molar-refractivity contribution in [3.8, 4) is 5.75 Å². The predicted molar refractivity (Wildman–Crippen MR) is 93.1 cm³/mol. The summed E-state index contributed by atoms with van der Waals surface area (Å²) in [5.41, 5.74) is -0.684. The Morgan fingerprint density at radius 2 is 2.11 bits per heavy atom. The maximum atomic E-state index is 12.6. The minimum absolute atomic E-state index is 0.0624. The van der Waals surface area contributed by atoms with Gasteiger partial charge in [0.15, 0.2) is 11.4 Å². The lowest BCUT2D eigenvalue weighted by molar-refractivity contribution is -0.384. The topological polar surface area (TPSA) is 141 Å². The summed E-state index contributed by atoms with van der Waals surface area (Å²) in [4.78, 5) is 26.2. The van der Waals surface area contributed by atoms with Crippen LogP contribution in [0.15, 0.2) is 41.4 Å². The number of pyridine rings is 1. The smallest absolute Gasteiger partial charge is 0.297 e. The third kappa shape index (κ3) is 3.16. The van der Waals surface area contributed by atoms with Gasteiger partial charge in [0.1, 0.15) is 12.3 Å². The van der Waals surface area contributed by atoms with Crippen LogP contribution in [0.2, 0.25) is 0 Å². The van der Waals surface area contributed by atoms with E-state index in [4.69, 9.17) is 4.74 Å². The van der Waals surface area contributed by atoms with E-state index in [2.05, 4.69) is 10.3 Å². The van der Waals surface area contributed by atoms with Crippen LogP contribution in [0.3, 0.4) is 0 Å². The van der Waals surface area contributed by atoms with Gasteiger partial charge in [-0.05, 0) is 25.0 Å². The molecule has 1 spiro atoms. The highest BCUT2D eigenvalue weighted by atomic mass is 32.2. The summed E-state index contributed by atoms with van der Waals surface area (Å²) in [7, 11) is -4.36. The largest absolute Gasteiger partial charge is 0.489 e. The van der Waals surface area contributed by atoms with E-state index in [0.29, 0.717) is 6.61 Å². The first kappa shape index (κ1) is 17.2. The molecule has 10 nitrogen and oxygen atoms in total. The third-order valence-electron chi connectivity index (χ3n) is 4.43. The van der Waals surface area contributed by atoms with Gasteiger partial charge in [0.05, 0.1) is 15.4 Å². The molecule has 2 N–H and O–H groups in total. The number of fused-ring (bicyclic) bond motifs is 1. The summed E-state index contributed by atoms with van der Waals surface area (Å²) in [6.07, 6.45) is 2.99. The summed E-state index contributed by atoms with van der Waals surface area (Å²) in [6, 6.07) is 6.53. The van der Waals surface area contributed by atoms with Crippen molar-refractivity contribution in [2.75, 3.05) is 11.9 Å². The Hall–Kier alpha value is -3.21. The third-order valence-corrected chi connectivity index (χ3v) is 5.74. The Morgan fingerprint density at radius 1 is 1.33 bits per heavy atom. The highest BCUT2D eigenvalue weighted by Gasteiger charge is 2.48. The lowest BCUT2D eigenvalue weighted by Crippen LogP contribution is -2.34. The lowest BCUT2D eigenvalue weighted by atomic mass is 10.1. The maximum absolute atomic E-state index is 12.6. The van der Waals surface area contributed by atoms with E-state index in [1.165, 1.54) is 24.4 Å². The van der Waals surface area contributed by atoms with Crippen LogP contribution in [-0.4, -0.2) is 36.4 Å². The summed E-state index contributed by atoms with van der Waals surface area (Å²) >= 11 is 0. The summed E-state index contributed by atoms with van der Waals surface area (Å²) in [5, 5.41) is 14.5. The zero-order valence-electron chi connectivity index (χ0n) is 13.8. The number of nitrogens with zero attached hydrogens (tertiary/aromatic N) is 2. The zero-order chi connectivity index (χ0) is 19.2. The fraction of sp³-hybridized carbons (Fsp3) is 0.250. The van der Waals surface area contributed by atoms with Gasteiger partial charge in [-0.2, -0.15) is 0 Å². The minimum Gasteiger partial charge on any atom is -0.489 e. The Labute approximate surface area is 153 Å². The number of hydrogen-bond donors (Lipinski definition) is 2. The van der Waals surface area contributed by atoms with E-state index >= 15 is 0 Å². The van der Waals surface area contributed by atoms with Crippen molar-refractivity contribution in [1.29, 1.82) is 0 Å². The summed E-state index contributed by atoms with van der Waals surface area (Å²) < 4.78 is 32.5. The van der Waals surface area contributed by atoms with Crippen molar-refractivity contribution >= 4 is 27.3 Å². The van der Waals surface area contributed by atoms with Crippen molar-refractivity contribution < 1.29 is 22.9 Å². The number of nitrogens with one attached hydrogen (secondary N) is 2. The van der Waals surface area contributed by atoms with Crippen molar-refractivity contribution in [2.24, 2.45) is 0 Å². The maximum Gasteiger partial charge on any atom is 0.297 e. The number of nitro benzene ring substituents is 1. The molecule has 0 atom stereocenters. The van der Waals surface area contributed by atoms with Crippen molar-refractivity contribution in [1.82, 2.24) is 9.71 Å². The van der Waals surface area contributed by atoms with Crippen LogP contribution < -0.4 is 14.8 Å². The van der Waals surface area contributed by atoms with Crippen LogP contribution in [0.4, 0.5) is 11.4 Å². The number of amides is 1. The van der Waals surface area contributed by atoms with Gasteiger partial charge < -0.3 is 10.1 Å². The molecule has 2 aliphatic rings. The van der Waals surface area contributed by atoms with Crippen LogP contribution in [0.1, 0.15) is 23.3 Å². The SMILES string of the molecule is O=C(NS(=O)(=O)c1cc2c(c([N+](=O)[O-])c1)NC1(CC1)CO2)c1ccccn1. The molecule has 1 aromatic carbocycles. The standard InChI is InChI=1S/C16H14N4O6S/c21-15(11-3-1-2-6-17-11)19-27(24,25)10-7-12(20(22)23)14-13(8-10)26-9-16(18-14)4-5-16/h1-3,6-8,18H,4-5,9H2,(H,19,21).